The van der Waals surface area contributed by atoms with E-state index < -0.39 is 0 Å². The summed E-state index contributed by atoms with van der Waals surface area (Å²) in [6.07, 6.45) is 5.66. The van der Waals surface area contributed by atoms with Crippen molar-refractivity contribution in [1.82, 2.24) is 19.6 Å². The number of amides is 4. The van der Waals surface area contributed by atoms with E-state index in [1.807, 2.05) is 26.5 Å². The number of rotatable bonds is 2. The lowest BCUT2D eigenvalue weighted by Crippen LogP contribution is -2.56. The maximum Gasteiger partial charge on any atom is 0.320 e. The highest BCUT2D eigenvalue weighted by molar-refractivity contribution is 5.82. The van der Waals surface area contributed by atoms with Gasteiger partial charge in [0.15, 0.2) is 0 Å². The minimum absolute atomic E-state index is 0.0800. The first kappa shape index (κ1) is 19.0. The molecule has 0 aromatic carbocycles. The largest absolute Gasteiger partial charge is 0.342 e. The molecule has 3 aliphatic heterocycles. The maximum atomic E-state index is 12.9. The summed E-state index contributed by atoms with van der Waals surface area (Å²) >= 11 is 0. The van der Waals surface area contributed by atoms with Gasteiger partial charge in [0.2, 0.25) is 11.8 Å². The summed E-state index contributed by atoms with van der Waals surface area (Å²) < 4.78 is 0. The zero-order chi connectivity index (χ0) is 18.5. The van der Waals surface area contributed by atoms with Gasteiger partial charge in [0.1, 0.15) is 0 Å². The molecule has 4 amide bonds. The third kappa shape index (κ3) is 4.30. The zero-order valence-electron chi connectivity index (χ0n) is 16.0. The monoisotopic (exact) mass is 364 g/mol. The second kappa shape index (κ2) is 8.73. The molecule has 0 bridgehead atoms. The molecular weight excluding hydrogens is 332 g/mol. The summed E-state index contributed by atoms with van der Waals surface area (Å²) in [6, 6.07) is 0.134. The Balaban J connectivity index is 1.48. The molecular formula is C19H32N4O3. The molecule has 3 fully saturated rings. The van der Waals surface area contributed by atoms with Crippen molar-refractivity contribution in [2.75, 3.05) is 52.4 Å². The van der Waals surface area contributed by atoms with Crippen LogP contribution in [-0.4, -0.2) is 89.8 Å². The Hall–Kier alpha value is -1.79. The molecule has 0 aromatic heterocycles. The predicted molar refractivity (Wildman–Crippen MR) is 98.6 cm³/mol. The third-order valence-electron chi connectivity index (χ3n) is 5.91. The van der Waals surface area contributed by atoms with Crippen LogP contribution in [0.15, 0.2) is 0 Å². The summed E-state index contributed by atoms with van der Waals surface area (Å²) in [5, 5.41) is 0. The Morgan fingerprint density at radius 3 is 1.96 bits per heavy atom. The lowest BCUT2D eigenvalue weighted by molar-refractivity contribution is -0.141. The van der Waals surface area contributed by atoms with Gasteiger partial charge in [-0.3, -0.25) is 9.59 Å². The third-order valence-corrected chi connectivity index (χ3v) is 5.91. The minimum atomic E-state index is -0.0800. The number of hydrogen-bond donors (Lipinski definition) is 0. The van der Waals surface area contributed by atoms with Gasteiger partial charge in [-0.25, -0.2) is 4.79 Å². The van der Waals surface area contributed by atoms with Crippen LogP contribution in [-0.2, 0) is 9.59 Å². The highest BCUT2D eigenvalue weighted by Gasteiger charge is 2.33. The van der Waals surface area contributed by atoms with Crippen LogP contribution in [0, 0.1) is 5.92 Å². The Morgan fingerprint density at radius 1 is 0.731 bits per heavy atom. The van der Waals surface area contributed by atoms with Crippen molar-refractivity contribution in [2.24, 2.45) is 5.92 Å². The van der Waals surface area contributed by atoms with Crippen molar-refractivity contribution in [3.05, 3.63) is 0 Å². The van der Waals surface area contributed by atoms with E-state index in [2.05, 4.69) is 0 Å². The summed E-state index contributed by atoms with van der Waals surface area (Å²) in [5.41, 5.74) is 0. The van der Waals surface area contributed by atoms with Crippen molar-refractivity contribution in [1.29, 1.82) is 0 Å². The summed E-state index contributed by atoms with van der Waals surface area (Å²) in [5.74, 6) is 0.215. The number of carbonyl (C=O) groups excluding carboxylic acids is 3. The van der Waals surface area contributed by atoms with Gasteiger partial charge < -0.3 is 19.6 Å². The van der Waals surface area contributed by atoms with Gasteiger partial charge in [-0.15, -0.1) is 0 Å². The van der Waals surface area contributed by atoms with E-state index in [-0.39, 0.29) is 23.8 Å². The molecule has 1 atom stereocenters. The normalized spacial score (nSPS) is 24.6. The molecule has 7 nitrogen and oxygen atoms in total. The van der Waals surface area contributed by atoms with Crippen LogP contribution in [0.5, 0.6) is 0 Å². The fourth-order valence-corrected chi connectivity index (χ4v) is 4.29. The molecule has 7 heteroatoms. The topological polar surface area (TPSA) is 64.2 Å². The standard InChI is InChI=1S/C19H32N4O3/c1-2-17(24)23-10-6-7-16(15-23)18(25)20-11-13-22(14-12-20)19(26)21-8-4-3-5-9-21/h16H,2-15H2,1H3. The molecule has 0 saturated carbocycles. The molecule has 0 aromatic rings. The molecule has 3 rings (SSSR count). The molecule has 146 valence electrons. The highest BCUT2D eigenvalue weighted by atomic mass is 16.2. The van der Waals surface area contributed by atoms with Crippen LogP contribution in [0.3, 0.4) is 0 Å². The Kier molecular flexibility index (Phi) is 6.38. The van der Waals surface area contributed by atoms with Crippen LogP contribution < -0.4 is 0 Å². The lowest BCUT2D eigenvalue weighted by Gasteiger charge is -2.40. The second-order valence-electron chi connectivity index (χ2n) is 7.68. The first-order chi connectivity index (χ1) is 12.6. The Morgan fingerprint density at radius 2 is 1.31 bits per heavy atom. The molecule has 26 heavy (non-hydrogen) atoms. The van der Waals surface area contributed by atoms with Crippen LogP contribution in [0.2, 0.25) is 0 Å². The second-order valence-corrected chi connectivity index (χ2v) is 7.68. The van der Waals surface area contributed by atoms with Crippen molar-refractivity contribution in [3.8, 4) is 0 Å². The number of likely N-dealkylation sites (tertiary alicyclic amines) is 2. The van der Waals surface area contributed by atoms with E-state index in [0.29, 0.717) is 39.1 Å². The van der Waals surface area contributed by atoms with Crippen LogP contribution in [0.4, 0.5) is 4.79 Å². The molecule has 0 spiro atoms. The number of nitrogens with zero attached hydrogens (tertiary/aromatic N) is 4. The van der Waals surface area contributed by atoms with Gasteiger partial charge in [-0.05, 0) is 32.1 Å². The Labute approximate surface area is 156 Å². The van der Waals surface area contributed by atoms with Crippen LogP contribution in [0.25, 0.3) is 0 Å². The quantitative estimate of drug-likeness (QED) is 0.744. The fraction of sp³-hybridized carbons (Fsp3) is 0.842. The number of urea groups is 1. The first-order valence-electron chi connectivity index (χ1n) is 10.2. The molecule has 0 aliphatic carbocycles. The van der Waals surface area contributed by atoms with Gasteiger partial charge >= 0.3 is 6.03 Å². The smallest absolute Gasteiger partial charge is 0.320 e. The number of carbonyl (C=O) groups is 3. The summed E-state index contributed by atoms with van der Waals surface area (Å²) in [6.45, 7) is 7.37. The van der Waals surface area contributed by atoms with E-state index >= 15 is 0 Å². The SMILES string of the molecule is CCC(=O)N1CCCC(C(=O)N2CCN(C(=O)N3CCCCC3)CC2)C1. The van der Waals surface area contributed by atoms with E-state index in [0.717, 1.165) is 45.3 Å². The predicted octanol–water partition coefficient (Wildman–Crippen LogP) is 1.39. The summed E-state index contributed by atoms with van der Waals surface area (Å²) in [7, 11) is 0. The molecule has 3 heterocycles. The molecule has 1 unspecified atom stereocenters. The number of hydrogen-bond acceptors (Lipinski definition) is 3. The summed E-state index contributed by atoms with van der Waals surface area (Å²) in [4.78, 5) is 45.0. The average Bonchev–Trinajstić information content (AvgIpc) is 2.73. The van der Waals surface area contributed by atoms with Crippen molar-refractivity contribution in [3.63, 3.8) is 0 Å². The molecule has 3 aliphatic rings. The lowest BCUT2D eigenvalue weighted by atomic mass is 9.96. The molecule has 0 N–H and O–H groups in total. The average molecular weight is 364 g/mol. The van der Waals surface area contributed by atoms with Crippen molar-refractivity contribution < 1.29 is 14.4 Å². The number of piperidine rings is 2. The minimum Gasteiger partial charge on any atom is -0.342 e. The van der Waals surface area contributed by atoms with Crippen molar-refractivity contribution in [2.45, 2.75) is 45.4 Å². The van der Waals surface area contributed by atoms with Gasteiger partial charge in [0, 0.05) is 58.8 Å². The van der Waals surface area contributed by atoms with Gasteiger partial charge in [0.05, 0.1) is 5.92 Å². The van der Waals surface area contributed by atoms with Gasteiger partial charge in [0.25, 0.3) is 0 Å². The van der Waals surface area contributed by atoms with E-state index in [4.69, 9.17) is 0 Å². The fourth-order valence-electron chi connectivity index (χ4n) is 4.29. The van der Waals surface area contributed by atoms with Crippen LogP contribution >= 0.6 is 0 Å². The molecule has 3 saturated heterocycles. The number of piperazine rings is 1. The van der Waals surface area contributed by atoms with Gasteiger partial charge in [-0.2, -0.15) is 0 Å². The van der Waals surface area contributed by atoms with E-state index in [1.165, 1.54) is 6.42 Å². The highest BCUT2D eigenvalue weighted by Crippen LogP contribution is 2.21. The van der Waals surface area contributed by atoms with E-state index in [1.54, 1.807) is 0 Å². The van der Waals surface area contributed by atoms with Gasteiger partial charge in [-0.1, -0.05) is 6.92 Å². The zero-order valence-corrected chi connectivity index (χ0v) is 16.0. The van der Waals surface area contributed by atoms with Crippen LogP contribution in [0.1, 0.15) is 45.4 Å². The molecule has 0 radical (unpaired) electrons. The maximum absolute atomic E-state index is 12.9. The van der Waals surface area contributed by atoms with E-state index in [9.17, 15) is 14.4 Å². The van der Waals surface area contributed by atoms with Crippen molar-refractivity contribution >= 4 is 17.8 Å². The first-order valence-corrected chi connectivity index (χ1v) is 10.2. The Bertz CT molecular complexity index is 525.